The minimum absolute atomic E-state index is 0.0283. The van der Waals surface area contributed by atoms with E-state index in [1.54, 1.807) is 12.3 Å². The van der Waals surface area contributed by atoms with E-state index in [9.17, 15) is 13.2 Å². The number of benzene rings is 1. The van der Waals surface area contributed by atoms with Gasteiger partial charge in [0, 0.05) is 17.1 Å². The lowest BCUT2D eigenvalue weighted by Gasteiger charge is -2.04. The molecule has 6 heteroatoms. The second kappa shape index (κ2) is 3.73. The Kier molecular flexibility index (Phi) is 2.53. The van der Waals surface area contributed by atoms with Crippen molar-refractivity contribution in [1.29, 1.82) is 0 Å². The molecule has 0 spiro atoms. The van der Waals surface area contributed by atoms with Crippen molar-refractivity contribution >= 4 is 27.3 Å². The zero-order chi connectivity index (χ0) is 11.8. The number of carbonyl (C=O) groups excluding carboxylic acids is 1. The molecule has 84 valence electrons. The Hall–Kier alpha value is -1.66. The van der Waals surface area contributed by atoms with Gasteiger partial charge in [-0.15, -0.1) is 0 Å². The largest absolute Gasteiger partial charge is 0.360 e. The number of hydrogen-bond donors (Lipinski definition) is 1. The number of carbonyl (C=O) groups is 1. The smallest absolute Gasteiger partial charge is 0.298 e. The van der Waals surface area contributed by atoms with Gasteiger partial charge in [-0.2, -0.15) is 8.42 Å². The molecule has 1 aromatic carbocycles. The summed E-state index contributed by atoms with van der Waals surface area (Å²) in [7, 11) is -2.67. The van der Waals surface area contributed by atoms with Crippen LogP contribution in [0.2, 0.25) is 0 Å². The molecular formula is C10H9NO4S. The van der Waals surface area contributed by atoms with Gasteiger partial charge in [-0.3, -0.25) is 8.98 Å². The van der Waals surface area contributed by atoms with Crippen molar-refractivity contribution in [1.82, 2.24) is 4.98 Å². The third-order valence-corrected chi connectivity index (χ3v) is 3.65. The summed E-state index contributed by atoms with van der Waals surface area (Å²) in [6.07, 6.45) is 2.26. The lowest BCUT2D eigenvalue weighted by atomic mass is 10.1. The van der Waals surface area contributed by atoms with Crippen molar-refractivity contribution < 1.29 is 17.4 Å². The molecule has 0 aliphatic heterocycles. The summed E-state index contributed by atoms with van der Waals surface area (Å²) in [5, 5.41) is 0.563. The van der Waals surface area contributed by atoms with Crippen molar-refractivity contribution in [3.63, 3.8) is 0 Å². The van der Waals surface area contributed by atoms with Gasteiger partial charge in [0.05, 0.1) is 12.6 Å². The summed E-state index contributed by atoms with van der Waals surface area (Å²) in [5.41, 5.74) is 0.817. The molecule has 2 rings (SSSR count). The average molecular weight is 239 g/mol. The van der Waals surface area contributed by atoms with Crippen LogP contribution in [0.3, 0.4) is 0 Å². The number of aromatic amines is 1. The van der Waals surface area contributed by atoms with Crippen LogP contribution in [0.5, 0.6) is 0 Å². The zero-order valence-corrected chi connectivity index (χ0v) is 9.24. The van der Waals surface area contributed by atoms with Crippen LogP contribution in [0, 0.1) is 0 Å². The normalized spacial score (nSPS) is 11.8. The third-order valence-electron chi connectivity index (χ3n) is 2.33. The van der Waals surface area contributed by atoms with Crippen molar-refractivity contribution in [3.8, 4) is 0 Å². The van der Waals surface area contributed by atoms with E-state index in [1.165, 1.54) is 12.1 Å². The maximum Gasteiger partial charge on any atom is 0.298 e. The molecule has 0 amide bonds. The molecule has 0 unspecified atom stereocenters. The van der Waals surface area contributed by atoms with Crippen LogP contribution in [0.4, 0.5) is 0 Å². The van der Waals surface area contributed by atoms with Crippen LogP contribution in [-0.2, 0) is 14.3 Å². The highest BCUT2D eigenvalue weighted by Gasteiger charge is 2.18. The first-order valence-electron chi connectivity index (χ1n) is 4.46. The molecule has 1 N–H and O–H groups in total. The first-order chi connectivity index (χ1) is 7.60. The van der Waals surface area contributed by atoms with Gasteiger partial charge in [0.25, 0.3) is 10.1 Å². The van der Waals surface area contributed by atoms with Crippen LogP contribution >= 0.6 is 0 Å². The van der Waals surface area contributed by atoms with Crippen molar-refractivity contribution in [2.75, 3.05) is 7.11 Å². The van der Waals surface area contributed by atoms with Gasteiger partial charge in [-0.25, -0.2) is 0 Å². The number of nitrogens with one attached hydrogen (secondary N) is 1. The fourth-order valence-electron chi connectivity index (χ4n) is 1.55. The van der Waals surface area contributed by atoms with Crippen LogP contribution in [0.25, 0.3) is 10.9 Å². The zero-order valence-electron chi connectivity index (χ0n) is 8.43. The van der Waals surface area contributed by atoms with E-state index in [1.807, 2.05) is 0 Å². The fourth-order valence-corrected chi connectivity index (χ4v) is 2.39. The van der Waals surface area contributed by atoms with Crippen molar-refractivity contribution in [2.45, 2.75) is 4.90 Å². The summed E-state index contributed by atoms with van der Waals surface area (Å²) in [5.74, 6) is 0. The van der Waals surface area contributed by atoms with E-state index in [4.69, 9.17) is 0 Å². The van der Waals surface area contributed by atoms with Crippen LogP contribution in [-0.4, -0.2) is 26.8 Å². The number of aldehydes is 1. The van der Waals surface area contributed by atoms with Gasteiger partial charge < -0.3 is 4.98 Å². The first kappa shape index (κ1) is 10.8. The standard InChI is InChI=1S/C10H9NO4S/c1-15-16(13,14)9-3-2-7(6-12)8-4-5-11-10(8)9/h2-6,11H,1H3. The molecule has 0 bridgehead atoms. The lowest BCUT2D eigenvalue weighted by molar-refractivity contribution is 0.112. The quantitative estimate of drug-likeness (QED) is 0.647. The van der Waals surface area contributed by atoms with Crippen LogP contribution in [0.1, 0.15) is 10.4 Å². The molecule has 0 radical (unpaired) electrons. The molecule has 0 atom stereocenters. The Bertz CT molecular complexity index is 642. The summed E-state index contributed by atoms with van der Waals surface area (Å²) in [6, 6.07) is 4.45. The lowest BCUT2D eigenvalue weighted by Crippen LogP contribution is -2.04. The second-order valence-electron chi connectivity index (χ2n) is 3.16. The summed E-state index contributed by atoms with van der Waals surface area (Å²) >= 11 is 0. The van der Waals surface area contributed by atoms with Gasteiger partial charge in [0.1, 0.15) is 4.90 Å². The number of hydrogen-bond acceptors (Lipinski definition) is 4. The van der Waals surface area contributed by atoms with E-state index in [0.717, 1.165) is 7.11 Å². The molecule has 5 nitrogen and oxygen atoms in total. The highest BCUT2D eigenvalue weighted by Crippen LogP contribution is 2.25. The average Bonchev–Trinajstić information content (AvgIpc) is 2.76. The molecule has 1 aromatic heterocycles. The molecular weight excluding hydrogens is 230 g/mol. The monoisotopic (exact) mass is 239 g/mol. The molecule has 2 aromatic rings. The van der Waals surface area contributed by atoms with E-state index in [-0.39, 0.29) is 4.90 Å². The van der Waals surface area contributed by atoms with E-state index < -0.39 is 10.1 Å². The molecule has 16 heavy (non-hydrogen) atoms. The summed E-state index contributed by atoms with van der Waals surface area (Å²) in [4.78, 5) is 13.6. The van der Waals surface area contributed by atoms with Crippen molar-refractivity contribution in [3.05, 3.63) is 30.0 Å². The van der Waals surface area contributed by atoms with Gasteiger partial charge in [-0.1, -0.05) is 0 Å². The number of H-pyrrole nitrogens is 1. The maximum absolute atomic E-state index is 11.6. The minimum atomic E-state index is -3.77. The minimum Gasteiger partial charge on any atom is -0.360 e. The maximum atomic E-state index is 11.6. The van der Waals surface area contributed by atoms with E-state index in [0.29, 0.717) is 22.8 Å². The van der Waals surface area contributed by atoms with Crippen LogP contribution < -0.4 is 0 Å². The SMILES string of the molecule is COS(=O)(=O)c1ccc(C=O)c2cc[nH]c12. The Labute approximate surface area is 92.2 Å². The summed E-state index contributed by atoms with van der Waals surface area (Å²) in [6.45, 7) is 0. The third kappa shape index (κ3) is 1.52. The molecule has 0 aliphatic carbocycles. The van der Waals surface area contributed by atoms with Gasteiger partial charge in [0.15, 0.2) is 6.29 Å². The molecule has 0 aliphatic rings. The molecule has 0 saturated carbocycles. The molecule has 0 saturated heterocycles. The number of aromatic nitrogens is 1. The molecule has 0 fully saturated rings. The highest BCUT2D eigenvalue weighted by atomic mass is 32.2. The van der Waals surface area contributed by atoms with Gasteiger partial charge in [0.2, 0.25) is 0 Å². The molecule has 1 heterocycles. The number of fused-ring (bicyclic) bond motifs is 1. The summed E-state index contributed by atoms with van der Waals surface area (Å²) < 4.78 is 27.6. The topological polar surface area (TPSA) is 76.2 Å². The second-order valence-corrected chi connectivity index (χ2v) is 4.84. The van der Waals surface area contributed by atoms with Gasteiger partial charge in [-0.05, 0) is 18.2 Å². The van der Waals surface area contributed by atoms with E-state index >= 15 is 0 Å². The number of rotatable bonds is 3. The van der Waals surface area contributed by atoms with Crippen molar-refractivity contribution in [2.24, 2.45) is 0 Å². The predicted molar refractivity (Wildman–Crippen MR) is 57.9 cm³/mol. The Morgan fingerprint density at radius 3 is 2.69 bits per heavy atom. The van der Waals surface area contributed by atoms with E-state index in [2.05, 4.69) is 9.17 Å². The fraction of sp³-hybridized carbons (Fsp3) is 0.100. The first-order valence-corrected chi connectivity index (χ1v) is 5.87. The highest BCUT2D eigenvalue weighted by molar-refractivity contribution is 7.87. The Morgan fingerprint density at radius 1 is 1.31 bits per heavy atom. The van der Waals surface area contributed by atoms with Gasteiger partial charge >= 0.3 is 0 Å². The Morgan fingerprint density at radius 2 is 2.06 bits per heavy atom. The predicted octanol–water partition coefficient (Wildman–Crippen LogP) is 1.32. The Balaban J connectivity index is 2.84. The van der Waals surface area contributed by atoms with Crippen LogP contribution in [0.15, 0.2) is 29.3 Å².